The molecule has 2 N–H and O–H groups in total. The molecule has 0 aliphatic rings. The molecule has 108 valence electrons. The fraction of sp³-hybridized carbons (Fsp3) is 0.625. The van der Waals surface area contributed by atoms with Gasteiger partial charge in [-0.25, -0.2) is 0 Å². The van der Waals surface area contributed by atoms with Crippen molar-refractivity contribution in [2.45, 2.75) is 59.0 Å². The van der Waals surface area contributed by atoms with E-state index in [1.165, 1.54) is 18.5 Å². The second kappa shape index (κ2) is 7.76. The molecule has 0 bridgehead atoms. The molecule has 0 saturated carbocycles. The molecule has 1 aromatic carbocycles. The lowest BCUT2D eigenvalue weighted by molar-refractivity contribution is 0.595. The molecule has 0 aromatic heterocycles. The van der Waals surface area contributed by atoms with Crippen molar-refractivity contribution in [2.24, 2.45) is 5.73 Å². The predicted octanol–water partition coefficient (Wildman–Crippen LogP) is 4.76. The summed E-state index contributed by atoms with van der Waals surface area (Å²) >= 11 is 6.34. The van der Waals surface area contributed by atoms with Gasteiger partial charge in [0.05, 0.1) is 0 Å². The van der Waals surface area contributed by atoms with Gasteiger partial charge in [0.1, 0.15) is 0 Å². The molecule has 19 heavy (non-hydrogen) atoms. The van der Waals surface area contributed by atoms with Crippen LogP contribution in [0, 0.1) is 0 Å². The first kappa shape index (κ1) is 16.3. The Morgan fingerprint density at radius 3 is 2.42 bits per heavy atom. The average molecular weight is 283 g/mol. The van der Waals surface area contributed by atoms with Gasteiger partial charge in [-0.3, -0.25) is 0 Å². The molecule has 2 unspecified atom stereocenters. The van der Waals surface area contributed by atoms with Gasteiger partial charge in [0.25, 0.3) is 0 Å². The quantitative estimate of drug-likeness (QED) is 0.781. The number of rotatable bonds is 7. The SMILES string of the molecule is CCCCN(c1ccc(C(C)N)c(Cl)c1)C(C)CC. The lowest BCUT2D eigenvalue weighted by Crippen LogP contribution is -2.33. The summed E-state index contributed by atoms with van der Waals surface area (Å²) in [7, 11) is 0. The molecule has 3 heteroatoms. The Kier molecular flexibility index (Phi) is 6.67. The minimum absolute atomic E-state index is 0.0192. The molecule has 0 heterocycles. The van der Waals surface area contributed by atoms with E-state index in [1.54, 1.807) is 0 Å². The summed E-state index contributed by atoms with van der Waals surface area (Å²) in [5.74, 6) is 0. The van der Waals surface area contributed by atoms with Gasteiger partial charge >= 0.3 is 0 Å². The van der Waals surface area contributed by atoms with Gasteiger partial charge < -0.3 is 10.6 Å². The van der Waals surface area contributed by atoms with Crippen LogP contribution >= 0.6 is 11.6 Å². The van der Waals surface area contributed by atoms with E-state index in [9.17, 15) is 0 Å². The summed E-state index contributed by atoms with van der Waals surface area (Å²) in [5, 5.41) is 0.775. The second-order valence-electron chi connectivity index (χ2n) is 5.30. The fourth-order valence-corrected chi connectivity index (χ4v) is 2.56. The van der Waals surface area contributed by atoms with Crippen molar-refractivity contribution in [3.05, 3.63) is 28.8 Å². The Bertz CT molecular complexity index is 390. The number of anilines is 1. The maximum absolute atomic E-state index is 6.34. The Morgan fingerprint density at radius 2 is 1.95 bits per heavy atom. The topological polar surface area (TPSA) is 29.3 Å². The first-order valence-corrected chi connectivity index (χ1v) is 7.70. The average Bonchev–Trinajstić information content (AvgIpc) is 2.38. The van der Waals surface area contributed by atoms with Gasteiger partial charge in [0.2, 0.25) is 0 Å². The minimum Gasteiger partial charge on any atom is -0.369 e. The summed E-state index contributed by atoms with van der Waals surface area (Å²) in [5.41, 5.74) is 8.13. The molecule has 0 aliphatic heterocycles. The van der Waals surface area contributed by atoms with Gasteiger partial charge in [0.15, 0.2) is 0 Å². The molecule has 0 aliphatic carbocycles. The highest BCUT2D eigenvalue weighted by Gasteiger charge is 2.14. The maximum atomic E-state index is 6.34. The van der Waals surface area contributed by atoms with E-state index in [4.69, 9.17) is 17.3 Å². The number of hydrogen-bond acceptors (Lipinski definition) is 2. The van der Waals surface area contributed by atoms with Crippen molar-refractivity contribution in [3.8, 4) is 0 Å². The van der Waals surface area contributed by atoms with Gasteiger partial charge in [-0.15, -0.1) is 0 Å². The van der Waals surface area contributed by atoms with Crippen LogP contribution in [0.1, 0.15) is 58.6 Å². The highest BCUT2D eigenvalue weighted by atomic mass is 35.5. The van der Waals surface area contributed by atoms with Crippen molar-refractivity contribution >= 4 is 17.3 Å². The highest BCUT2D eigenvalue weighted by Crippen LogP contribution is 2.28. The second-order valence-corrected chi connectivity index (χ2v) is 5.71. The number of hydrogen-bond donors (Lipinski definition) is 1. The van der Waals surface area contributed by atoms with Crippen LogP contribution in [0.4, 0.5) is 5.69 Å². The number of halogens is 1. The lowest BCUT2D eigenvalue weighted by Gasteiger charge is -2.31. The Morgan fingerprint density at radius 1 is 1.26 bits per heavy atom. The molecule has 0 spiro atoms. The largest absolute Gasteiger partial charge is 0.369 e. The van der Waals surface area contributed by atoms with Crippen molar-refractivity contribution in [1.82, 2.24) is 0 Å². The van der Waals surface area contributed by atoms with Crippen molar-refractivity contribution in [1.29, 1.82) is 0 Å². The van der Waals surface area contributed by atoms with E-state index in [0.29, 0.717) is 6.04 Å². The number of unbranched alkanes of at least 4 members (excludes halogenated alkanes) is 1. The Balaban J connectivity index is 2.99. The monoisotopic (exact) mass is 282 g/mol. The zero-order chi connectivity index (χ0) is 14.4. The third kappa shape index (κ3) is 4.39. The third-order valence-corrected chi connectivity index (χ3v) is 4.01. The molecule has 2 atom stereocenters. The molecule has 0 radical (unpaired) electrons. The van der Waals surface area contributed by atoms with E-state index in [1.807, 2.05) is 6.92 Å². The molecule has 0 amide bonds. The number of nitrogens with two attached hydrogens (primary N) is 1. The Hall–Kier alpha value is -0.730. The van der Waals surface area contributed by atoms with Crippen molar-refractivity contribution in [3.63, 3.8) is 0 Å². The Labute approximate surface area is 122 Å². The van der Waals surface area contributed by atoms with Crippen LogP contribution in [0.25, 0.3) is 0 Å². The van der Waals surface area contributed by atoms with Crippen LogP contribution < -0.4 is 10.6 Å². The van der Waals surface area contributed by atoms with Crippen LogP contribution in [-0.4, -0.2) is 12.6 Å². The molecular formula is C16H27ClN2. The van der Waals surface area contributed by atoms with Gasteiger partial charge in [-0.1, -0.05) is 37.9 Å². The zero-order valence-corrected chi connectivity index (χ0v) is 13.4. The van der Waals surface area contributed by atoms with E-state index >= 15 is 0 Å². The predicted molar refractivity (Wildman–Crippen MR) is 86.1 cm³/mol. The number of nitrogens with zero attached hydrogens (tertiary/aromatic N) is 1. The summed E-state index contributed by atoms with van der Waals surface area (Å²) in [6, 6.07) is 6.77. The maximum Gasteiger partial charge on any atom is 0.0474 e. The molecule has 2 nitrogen and oxygen atoms in total. The fourth-order valence-electron chi connectivity index (χ4n) is 2.22. The van der Waals surface area contributed by atoms with Gasteiger partial charge in [0, 0.05) is 29.3 Å². The van der Waals surface area contributed by atoms with Crippen LogP contribution in [0.3, 0.4) is 0 Å². The van der Waals surface area contributed by atoms with E-state index in [-0.39, 0.29) is 6.04 Å². The zero-order valence-electron chi connectivity index (χ0n) is 12.6. The first-order valence-electron chi connectivity index (χ1n) is 7.32. The van der Waals surface area contributed by atoms with E-state index in [2.05, 4.69) is 43.9 Å². The van der Waals surface area contributed by atoms with Crippen molar-refractivity contribution in [2.75, 3.05) is 11.4 Å². The number of benzene rings is 1. The van der Waals surface area contributed by atoms with Crippen LogP contribution in [0.15, 0.2) is 18.2 Å². The normalized spacial score (nSPS) is 14.2. The van der Waals surface area contributed by atoms with Gasteiger partial charge in [-0.2, -0.15) is 0 Å². The highest BCUT2D eigenvalue weighted by molar-refractivity contribution is 6.31. The summed E-state index contributed by atoms with van der Waals surface area (Å²) < 4.78 is 0. The van der Waals surface area contributed by atoms with Crippen LogP contribution in [0.2, 0.25) is 5.02 Å². The van der Waals surface area contributed by atoms with Crippen LogP contribution in [0.5, 0.6) is 0 Å². The van der Waals surface area contributed by atoms with Crippen molar-refractivity contribution < 1.29 is 0 Å². The molecular weight excluding hydrogens is 256 g/mol. The standard InChI is InChI=1S/C16H27ClN2/c1-5-7-10-19(12(3)6-2)14-8-9-15(13(4)18)16(17)11-14/h8-9,11-13H,5-7,10,18H2,1-4H3. The summed E-state index contributed by atoms with van der Waals surface area (Å²) in [4.78, 5) is 2.44. The molecule has 1 rings (SSSR count). The molecule has 0 saturated heterocycles. The summed E-state index contributed by atoms with van der Waals surface area (Å²) in [6.45, 7) is 9.76. The van der Waals surface area contributed by atoms with Gasteiger partial charge in [-0.05, 0) is 44.4 Å². The van der Waals surface area contributed by atoms with E-state index in [0.717, 1.165) is 23.6 Å². The third-order valence-electron chi connectivity index (χ3n) is 3.68. The molecule has 1 aromatic rings. The summed E-state index contributed by atoms with van der Waals surface area (Å²) in [6.07, 6.45) is 3.55. The first-order chi connectivity index (χ1) is 9.01. The van der Waals surface area contributed by atoms with Crippen LogP contribution in [-0.2, 0) is 0 Å². The smallest absolute Gasteiger partial charge is 0.0474 e. The minimum atomic E-state index is -0.0192. The van der Waals surface area contributed by atoms with E-state index < -0.39 is 0 Å². The molecule has 0 fully saturated rings. The lowest BCUT2D eigenvalue weighted by atomic mass is 10.1.